The Bertz CT molecular complexity index is 210. The first-order valence-electron chi connectivity index (χ1n) is 4.26. The molecule has 2 N–H and O–H groups in total. The Morgan fingerprint density at radius 3 is 2.54 bits per heavy atom. The summed E-state index contributed by atoms with van der Waals surface area (Å²) in [5.74, 6) is 2.11. The Labute approximate surface area is 79.6 Å². The largest absolute Gasteiger partial charge is 0.460 e. The predicted molar refractivity (Wildman–Crippen MR) is 51.9 cm³/mol. The zero-order valence-electron chi connectivity index (χ0n) is 8.46. The molecule has 0 aliphatic rings. The molecule has 0 aromatic rings. The zero-order chi connectivity index (χ0) is 10.5. The monoisotopic (exact) mass is 183 g/mol. The van der Waals surface area contributed by atoms with Gasteiger partial charge in [-0.25, -0.2) is 0 Å². The first-order valence-corrected chi connectivity index (χ1v) is 4.26. The fraction of sp³-hybridized carbons (Fsp3) is 0.700. The molecule has 0 spiro atoms. The van der Waals surface area contributed by atoms with E-state index in [9.17, 15) is 4.79 Å². The van der Waals surface area contributed by atoms with E-state index in [-0.39, 0.29) is 18.4 Å². The van der Waals surface area contributed by atoms with Crippen LogP contribution in [0.15, 0.2) is 0 Å². The van der Waals surface area contributed by atoms with E-state index in [0.717, 1.165) is 0 Å². The van der Waals surface area contributed by atoms with Gasteiger partial charge in [-0.15, -0.1) is 12.3 Å². The summed E-state index contributed by atoms with van der Waals surface area (Å²) < 4.78 is 5.07. The molecular formula is C10H17NO2. The van der Waals surface area contributed by atoms with Gasteiger partial charge < -0.3 is 10.5 Å². The number of rotatable bonds is 3. The Kier molecular flexibility index (Phi) is 4.50. The minimum atomic E-state index is -0.451. The molecule has 13 heavy (non-hydrogen) atoms. The van der Waals surface area contributed by atoms with Crippen molar-refractivity contribution in [3.63, 3.8) is 0 Å². The summed E-state index contributed by atoms with van der Waals surface area (Å²) >= 11 is 0. The Hall–Kier alpha value is -1.01. The number of carbonyl (C=O) groups excluding carboxylic acids is 1. The van der Waals surface area contributed by atoms with Gasteiger partial charge in [0.05, 0.1) is 6.42 Å². The highest BCUT2D eigenvalue weighted by molar-refractivity contribution is 5.70. The predicted octanol–water partition coefficient (Wildman–Crippen LogP) is 1.07. The molecule has 0 heterocycles. The van der Waals surface area contributed by atoms with E-state index in [1.54, 1.807) is 0 Å². The van der Waals surface area contributed by atoms with Crippen LogP contribution < -0.4 is 5.73 Å². The standard InChI is InChI=1S/C10H17NO2/c1-5-6-8(11)7-9(12)13-10(2,3)4/h1,8H,6-7,11H2,2-4H3/t8-/m0/s1. The van der Waals surface area contributed by atoms with E-state index < -0.39 is 5.60 Å². The highest BCUT2D eigenvalue weighted by Gasteiger charge is 2.17. The van der Waals surface area contributed by atoms with E-state index >= 15 is 0 Å². The summed E-state index contributed by atoms with van der Waals surface area (Å²) in [5, 5.41) is 0. The van der Waals surface area contributed by atoms with Gasteiger partial charge in [-0.05, 0) is 20.8 Å². The lowest BCUT2D eigenvalue weighted by Crippen LogP contribution is -2.29. The van der Waals surface area contributed by atoms with Crippen molar-refractivity contribution in [1.82, 2.24) is 0 Å². The average molecular weight is 183 g/mol. The Balaban J connectivity index is 3.83. The first-order chi connectivity index (χ1) is 5.85. The van der Waals surface area contributed by atoms with Crippen molar-refractivity contribution < 1.29 is 9.53 Å². The van der Waals surface area contributed by atoms with Crippen LogP contribution in [0.3, 0.4) is 0 Å². The van der Waals surface area contributed by atoms with Gasteiger partial charge >= 0.3 is 5.97 Å². The molecular weight excluding hydrogens is 166 g/mol. The summed E-state index contributed by atoms with van der Waals surface area (Å²) in [6.45, 7) is 5.45. The summed E-state index contributed by atoms with van der Waals surface area (Å²) in [5.41, 5.74) is 5.11. The van der Waals surface area contributed by atoms with Crippen LogP contribution in [0.1, 0.15) is 33.6 Å². The molecule has 0 aromatic heterocycles. The van der Waals surface area contributed by atoms with E-state index in [0.29, 0.717) is 6.42 Å². The molecule has 0 aliphatic heterocycles. The van der Waals surface area contributed by atoms with Crippen LogP contribution in [0.25, 0.3) is 0 Å². The molecule has 0 unspecified atom stereocenters. The van der Waals surface area contributed by atoms with Crippen molar-refractivity contribution in [2.24, 2.45) is 5.73 Å². The van der Waals surface area contributed by atoms with Gasteiger partial charge in [-0.2, -0.15) is 0 Å². The van der Waals surface area contributed by atoms with Crippen LogP contribution in [0, 0.1) is 12.3 Å². The van der Waals surface area contributed by atoms with Crippen molar-refractivity contribution in [2.75, 3.05) is 0 Å². The van der Waals surface area contributed by atoms with Gasteiger partial charge in [0.25, 0.3) is 0 Å². The third-order valence-corrected chi connectivity index (χ3v) is 1.23. The van der Waals surface area contributed by atoms with E-state index in [1.165, 1.54) is 0 Å². The second-order valence-electron chi connectivity index (χ2n) is 3.96. The molecule has 0 fully saturated rings. The normalized spacial score (nSPS) is 13.2. The molecule has 3 heteroatoms. The van der Waals surface area contributed by atoms with Crippen molar-refractivity contribution in [3.8, 4) is 12.3 Å². The highest BCUT2D eigenvalue weighted by Crippen LogP contribution is 2.09. The van der Waals surface area contributed by atoms with Crippen molar-refractivity contribution in [3.05, 3.63) is 0 Å². The lowest BCUT2D eigenvalue weighted by Gasteiger charge is -2.20. The van der Waals surface area contributed by atoms with Gasteiger partial charge in [0, 0.05) is 12.5 Å². The molecule has 0 rings (SSSR count). The third-order valence-electron chi connectivity index (χ3n) is 1.23. The van der Waals surface area contributed by atoms with Crippen molar-refractivity contribution >= 4 is 5.97 Å². The summed E-state index contributed by atoms with van der Waals surface area (Å²) in [6.07, 6.45) is 5.63. The van der Waals surface area contributed by atoms with Gasteiger partial charge in [0.1, 0.15) is 5.60 Å². The number of esters is 1. The SMILES string of the molecule is C#CC[C@H](N)CC(=O)OC(C)(C)C. The fourth-order valence-electron chi connectivity index (χ4n) is 0.821. The smallest absolute Gasteiger partial charge is 0.307 e. The number of terminal acetylenes is 1. The zero-order valence-corrected chi connectivity index (χ0v) is 8.46. The van der Waals surface area contributed by atoms with Crippen molar-refractivity contribution in [2.45, 2.75) is 45.3 Å². The van der Waals surface area contributed by atoms with Crippen molar-refractivity contribution in [1.29, 1.82) is 0 Å². The number of ether oxygens (including phenoxy) is 1. The number of hydrogen-bond donors (Lipinski definition) is 1. The molecule has 1 atom stereocenters. The minimum absolute atomic E-state index is 0.182. The topological polar surface area (TPSA) is 52.3 Å². The van der Waals surface area contributed by atoms with Gasteiger partial charge in [-0.3, -0.25) is 4.79 Å². The number of carbonyl (C=O) groups is 1. The van der Waals surface area contributed by atoms with Crippen LogP contribution in [0.4, 0.5) is 0 Å². The third kappa shape index (κ3) is 7.35. The quantitative estimate of drug-likeness (QED) is 0.526. The molecule has 0 aliphatic carbocycles. The molecule has 3 nitrogen and oxygen atoms in total. The van der Waals surface area contributed by atoms with Crippen LogP contribution in [-0.2, 0) is 9.53 Å². The highest BCUT2D eigenvalue weighted by atomic mass is 16.6. The number of hydrogen-bond acceptors (Lipinski definition) is 3. The van der Waals surface area contributed by atoms with Crippen LogP contribution in [0.2, 0.25) is 0 Å². The molecule has 0 saturated carbocycles. The van der Waals surface area contributed by atoms with Crippen LogP contribution in [-0.4, -0.2) is 17.6 Å². The maximum Gasteiger partial charge on any atom is 0.307 e. The Morgan fingerprint density at radius 1 is 1.62 bits per heavy atom. The lowest BCUT2D eigenvalue weighted by molar-refractivity contribution is -0.155. The minimum Gasteiger partial charge on any atom is -0.460 e. The number of nitrogens with two attached hydrogens (primary N) is 1. The lowest BCUT2D eigenvalue weighted by atomic mass is 10.1. The van der Waals surface area contributed by atoms with Gasteiger partial charge in [0.15, 0.2) is 0 Å². The molecule has 0 amide bonds. The molecule has 0 bridgehead atoms. The second-order valence-corrected chi connectivity index (χ2v) is 3.96. The van der Waals surface area contributed by atoms with E-state index in [1.807, 2.05) is 20.8 Å². The summed E-state index contributed by atoms with van der Waals surface area (Å²) in [4.78, 5) is 11.2. The van der Waals surface area contributed by atoms with Crippen LogP contribution in [0.5, 0.6) is 0 Å². The van der Waals surface area contributed by atoms with Crippen LogP contribution >= 0.6 is 0 Å². The van der Waals surface area contributed by atoms with E-state index in [2.05, 4.69) is 5.92 Å². The van der Waals surface area contributed by atoms with Gasteiger partial charge in [0.2, 0.25) is 0 Å². The average Bonchev–Trinajstić information content (AvgIpc) is 1.81. The fourth-order valence-corrected chi connectivity index (χ4v) is 0.821. The maximum absolute atomic E-state index is 11.2. The van der Waals surface area contributed by atoms with Gasteiger partial charge in [-0.1, -0.05) is 0 Å². The molecule has 0 saturated heterocycles. The molecule has 74 valence electrons. The summed E-state index contributed by atoms with van der Waals surface area (Å²) in [7, 11) is 0. The second kappa shape index (κ2) is 4.88. The molecule has 0 aromatic carbocycles. The van der Waals surface area contributed by atoms with E-state index in [4.69, 9.17) is 16.9 Å². The Morgan fingerprint density at radius 2 is 2.15 bits per heavy atom. The first kappa shape index (κ1) is 12.0. The molecule has 0 radical (unpaired) electrons. The summed E-state index contributed by atoms with van der Waals surface area (Å²) in [6, 6.07) is -0.292. The maximum atomic E-state index is 11.2.